The Kier molecular flexibility index (Phi) is 5.74. The first-order chi connectivity index (χ1) is 20.6. The number of ether oxygens (including phenoxy) is 1. The van der Waals surface area contributed by atoms with Crippen LogP contribution in [0.5, 0.6) is 5.88 Å². The van der Waals surface area contributed by atoms with E-state index in [-0.39, 0.29) is 16.1 Å². The predicted octanol–water partition coefficient (Wildman–Crippen LogP) is 4.16. The van der Waals surface area contributed by atoms with Gasteiger partial charge in [-0.1, -0.05) is 6.07 Å². The molecule has 0 radical (unpaired) electrons. The number of carbonyl (C=O) groups is 1. The van der Waals surface area contributed by atoms with Crippen molar-refractivity contribution in [3.63, 3.8) is 0 Å². The largest absolute Gasteiger partial charge is 0.476 e. The van der Waals surface area contributed by atoms with Crippen LogP contribution < -0.4 is 19.7 Å². The van der Waals surface area contributed by atoms with E-state index in [4.69, 9.17) is 9.72 Å². The summed E-state index contributed by atoms with van der Waals surface area (Å²) in [6, 6.07) is 9.90. The molecule has 3 aromatic heterocycles. The summed E-state index contributed by atoms with van der Waals surface area (Å²) in [4.78, 5) is 25.0. The maximum atomic E-state index is 13.6. The molecule has 5 aliphatic rings. The molecule has 43 heavy (non-hydrogen) atoms. The van der Waals surface area contributed by atoms with Crippen molar-refractivity contribution in [2.45, 2.75) is 69.4 Å². The summed E-state index contributed by atoms with van der Waals surface area (Å²) in [5.74, 6) is 2.29. The highest BCUT2D eigenvalue weighted by molar-refractivity contribution is 7.90. The van der Waals surface area contributed by atoms with Crippen LogP contribution in [0.1, 0.15) is 69.2 Å². The van der Waals surface area contributed by atoms with E-state index in [1.54, 1.807) is 28.9 Å². The van der Waals surface area contributed by atoms with Crippen molar-refractivity contribution in [3.05, 3.63) is 48.2 Å². The van der Waals surface area contributed by atoms with Crippen LogP contribution in [-0.2, 0) is 10.0 Å². The Hall–Kier alpha value is -3.67. The second-order valence-corrected chi connectivity index (χ2v) is 15.3. The molecule has 226 valence electrons. The van der Waals surface area contributed by atoms with E-state index in [1.165, 1.54) is 31.7 Å². The molecule has 1 atom stereocenters. The van der Waals surface area contributed by atoms with Gasteiger partial charge in [0.2, 0.25) is 5.88 Å². The zero-order valence-corrected chi connectivity index (χ0v) is 25.4. The fourth-order valence-corrected chi connectivity index (χ4v) is 9.14. The number of fused-ring (bicyclic) bond motifs is 7. The molecule has 1 saturated heterocycles. The van der Waals surface area contributed by atoms with Crippen LogP contribution in [0.2, 0.25) is 0 Å². The molecule has 3 aromatic rings. The van der Waals surface area contributed by atoms with Crippen LogP contribution in [0.3, 0.4) is 0 Å². The lowest BCUT2D eigenvalue weighted by Gasteiger charge is -2.34. The molecule has 5 heterocycles. The zero-order valence-electron chi connectivity index (χ0n) is 24.5. The maximum Gasteiger partial charge on any atom is 0.281 e. The van der Waals surface area contributed by atoms with E-state index in [1.807, 2.05) is 12.3 Å². The molecular formula is C31H37N7O4S. The Morgan fingerprint density at radius 2 is 1.84 bits per heavy atom. The van der Waals surface area contributed by atoms with E-state index < -0.39 is 15.9 Å². The third-order valence-corrected chi connectivity index (χ3v) is 11.9. The molecule has 0 aromatic carbocycles. The van der Waals surface area contributed by atoms with Crippen LogP contribution in [0.15, 0.2) is 47.6 Å². The summed E-state index contributed by atoms with van der Waals surface area (Å²) in [6.45, 7) is 6.38. The first kappa shape index (κ1) is 26.9. The van der Waals surface area contributed by atoms with Crippen LogP contribution in [0.4, 0.5) is 11.6 Å². The van der Waals surface area contributed by atoms with Gasteiger partial charge in [0.15, 0.2) is 10.8 Å². The number of hydrogen-bond acceptors (Lipinski definition) is 9. The summed E-state index contributed by atoms with van der Waals surface area (Å²) in [5.41, 5.74) is 1.04. The number of sulfonamides is 1. The third-order valence-electron chi connectivity index (χ3n) is 10.7. The predicted molar refractivity (Wildman–Crippen MR) is 160 cm³/mol. The highest BCUT2D eigenvalue weighted by atomic mass is 32.2. The van der Waals surface area contributed by atoms with Crippen LogP contribution >= 0.6 is 0 Å². The van der Waals surface area contributed by atoms with Gasteiger partial charge < -0.3 is 15.0 Å². The van der Waals surface area contributed by atoms with E-state index in [2.05, 4.69) is 38.9 Å². The monoisotopic (exact) mass is 603 g/mol. The smallest absolute Gasteiger partial charge is 0.281 e. The summed E-state index contributed by atoms with van der Waals surface area (Å²) >= 11 is 0. The number of amides is 1. The summed E-state index contributed by atoms with van der Waals surface area (Å²) in [6.07, 6.45) is 10.0. The van der Waals surface area contributed by atoms with Gasteiger partial charge in [0.1, 0.15) is 11.6 Å². The highest BCUT2D eigenvalue weighted by Gasteiger charge is 2.86. The Morgan fingerprint density at radius 1 is 1.05 bits per heavy atom. The zero-order chi connectivity index (χ0) is 29.6. The van der Waals surface area contributed by atoms with Gasteiger partial charge in [-0.15, -0.1) is 5.10 Å². The Labute approximate surface area is 251 Å². The van der Waals surface area contributed by atoms with Gasteiger partial charge >= 0.3 is 0 Å². The molecule has 2 aliphatic heterocycles. The van der Waals surface area contributed by atoms with Crippen molar-refractivity contribution in [1.82, 2.24) is 24.5 Å². The molecule has 1 amide bonds. The van der Waals surface area contributed by atoms with Crippen molar-refractivity contribution in [2.24, 2.45) is 22.7 Å². The topological polar surface area (TPSA) is 131 Å². The third kappa shape index (κ3) is 4.39. The van der Waals surface area contributed by atoms with Crippen molar-refractivity contribution in [2.75, 3.05) is 29.9 Å². The molecule has 4 bridgehead atoms. The van der Waals surface area contributed by atoms with E-state index in [9.17, 15) is 13.2 Å². The van der Waals surface area contributed by atoms with Gasteiger partial charge in [-0.25, -0.2) is 19.4 Å². The molecule has 11 nitrogen and oxygen atoms in total. The number of pyridine rings is 2. The van der Waals surface area contributed by atoms with Gasteiger partial charge in [0.05, 0.1) is 12.2 Å². The lowest BCUT2D eigenvalue weighted by Crippen LogP contribution is -2.41. The van der Waals surface area contributed by atoms with Crippen LogP contribution in [0, 0.1) is 22.7 Å². The normalized spacial score (nSPS) is 25.7. The maximum absolute atomic E-state index is 13.6. The molecule has 2 N–H and O–H groups in total. The first-order valence-corrected chi connectivity index (χ1v) is 16.8. The Balaban J connectivity index is 1.11. The van der Waals surface area contributed by atoms with Crippen molar-refractivity contribution in [3.8, 4) is 11.7 Å². The molecular weight excluding hydrogens is 566 g/mol. The molecule has 4 fully saturated rings. The molecule has 12 heteroatoms. The number of nitrogens with one attached hydrogen (secondary N) is 2. The lowest BCUT2D eigenvalue weighted by molar-refractivity contribution is 0.0981. The van der Waals surface area contributed by atoms with E-state index in [0.717, 1.165) is 19.3 Å². The van der Waals surface area contributed by atoms with Crippen molar-refractivity contribution in [1.29, 1.82) is 0 Å². The van der Waals surface area contributed by atoms with Gasteiger partial charge in [-0.3, -0.25) is 4.79 Å². The number of hydrogen-bond donors (Lipinski definition) is 2. The van der Waals surface area contributed by atoms with Crippen LogP contribution in [-0.4, -0.2) is 59.3 Å². The average molecular weight is 604 g/mol. The summed E-state index contributed by atoms with van der Waals surface area (Å²) in [7, 11) is -4.22. The van der Waals surface area contributed by atoms with Gasteiger partial charge in [0, 0.05) is 36.8 Å². The second kappa shape index (κ2) is 9.17. The Bertz CT molecular complexity index is 1710. The highest BCUT2D eigenvalue weighted by Crippen LogP contribution is 2.92. The van der Waals surface area contributed by atoms with E-state index >= 15 is 0 Å². The molecule has 1 unspecified atom stereocenters. The second-order valence-electron chi connectivity index (χ2n) is 13.7. The number of carbonyl (C=O) groups excluding carboxylic acids is 1. The van der Waals surface area contributed by atoms with Gasteiger partial charge in [-0.05, 0) is 99.8 Å². The van der Waals surface area contributed by atoms with Gasteiger partial charge in [0.25, 0.3) is 15.9 Å². The number of aromatic nitrogens is 4. The quantitative estimate of drug-likeness (QED) is 0.451. The minimum Gasteiger partial charge on any atom is -0.476 e. The van der Waals surface area contributed by atoms with Crippen molar-refractivity contribution >= 4 is 27.6 Å². The fourth-order valence-electron chi connectivity index (χ4n) is 8.20. The first-order valence-electron chi connectivity index (χ1n) is 15.4. The molecule has 3 saturated carbocycles. The standard InChI is InChI=1S/C31H37N7O4S/c1-29(2)17-20-5-4-15-32-23-6-3-7-26(33-23)43(40,41)36-28(39)21-8-9-24(34-27(21)37(29)18-20)38-16-10-25(35-38)42-19-22-30(11-12-30)31(22)13-14-31/h3,6-10,16,20,22H,4-5,11-15,17-19H2,1-2H3,(H,32,33)(H,36,39). The van der Waals surface area contributed by atoms with Gasteiger partial charge in [-0.2, -0.15) is 8.42 Å². The van der Waals surface area contributed by atoms with E-state index in [0.29, 0.717) is 65.7 Å². The number of anilines is 2. The molecule has 3 aliphatic carbocycles. The average Bonchev–Trinajstić information content (AvgIpc) is 3.93. The molecule has 8 rings (SSSR count). The van der Waals surface area contributed by atoms with Crippen molar-refractivity contribution < 1.29 is 17.9 Å². The minimum absolute atomic E-state index is 0.187. The fraction of sp³-hybridized carbons (Fsp3) is 0.548. The SMILES string of the molecule is CC1(C)CC2CCCNc3cccc(n3)S(=O)(=O)NC(=O)c3ccc(-n4ccc(OCC5C6(CC6)C56CC6)n4)nc3N1C2. The summed E-state index contributed by atoms with van der Waals surface area (Å²) in [5, 5.41) is 7.66. The minimum atomic E-state index is -4.22. The number of rotatable bonds is 4. The summed E-state index contributed by atoms with van der Waals surface area (Å²) < 4.78 is 36.5. The molecule has 2 spiro atoms. The number of nitrogens with zero attached hydrogens (tertiary/aromatic N) is 5. The van der Waals surface area contributed by atoms with Crippen LogP contribution in [0.25, 0.3) is 5.82 Å². The lowest BCUT2D eigenvalue weighted by atomic mass is 9.93. The Morgan fingerprint density at radius 3 is 2.60 bits per heavy atom.